The summed E-state index contributed by atoms with van der Waals surface area (Å²) < 4.78 is 5.53. The van der Waals surface area contributed by atoms with Gasteiger partial charge >= 0.3 is 0 Å². The van der Waals surface area contributed by atoms with Gasteiger partial charge in [-0.25, -0.2) is 4.98 Å². The molecule has 2 N–H and O–H groups in total. The van der Waals surface area contributed by atoms with Crippen molar-refractivity contribution in [3.8, 4) is 16.5 Å². The molecule has 0 spiro atoms. The molecule has 0 unspecified atom stereocenters. The van der Waals surface area contributed by atoms with Crippen LogP contribution < -0.4 is 10.1 Å². The SMILES string of the molecule is CCOc1ccccc1NC(=O)[C@H](C)Sc1n[nH]c(-c2cccs2)n1. The monoisotopic (exact) mass is 374 g/mol. The van der Waals surface area contributed by atoms with Crippen molar-refractivity contribution in [1.29, 1.82) is 0 Å². The number of thiophene rings is 1. The predicted octanol–water partition coefficient (Wildman–Crippen LogP) is 4.05. The zero-order valence-electron chi connectivity index (χ0n) is 13.9. The van der Waals surface area contributed by atoms with Crippen LogP contribution in [0.5, 0.6) is 5.75 Å². The van der Waals surface area contributed by atoms with Crippen LogP contribution in [-0.2, 0) is 4.79 Å². The number of ether oxygens (including phenoxy) is 1. The quantitative estimate of drug-likeness (QED) is 0.610. The van der Waals surface area contributed by atoms with Crippen LogP contribution in [0.2, 0.25) is 0 Å². The number of nitrogens with zero attached hydrogens (tertiary/aromatic N) is 2. The van der Waals surface area contributed by atoms with Gasteiger partial charge in [0, 0.05) is 0 Å². The van der Waals surface area contributed by atoms with Crippen molar-refractivity contribution in [2.75, 3.05) is 11.9 Å². The van der Waals surface area contributed by atoms with Gasteiger partial charge < -0.3 is 10.1 Å². The Morgan fingerprint density at radius 2 is 2.20 bits per heavy atom. The highest BCUT2D eigenvalue weighted by Gasteiger charge is 2.19. The van der Waals surface area contributed by atoms with Gasteiger partial charge in [-0.1, -0.05) is 30.0 Å². The summed E-state index contributed by atoms with van der Waals surface area (Å²) in [6, 6.07) is 11.3. The van der Waals surface area contributed by atoms with E-state index in [0.29, 0.717) is 29.0 Å². The molecule has 3 aromatic rings. The van der Waals surface area contributed by atoms with Gasteiger partial charge in [-0.2, -0.15) is 0 Å². The summed E-state index contributed by atoms with van der Waals surface area (Å²) in [5, 5.41) is 12.2. The summed E-state index contributed by atoms with van der Waals surface area (Å²) >= 11 is 2.89. The molecule has 2 aromatic heterocycles. The van der Waals surface area contributed by atoms with E-state index in [9.17, 15) is 4.79 Å². The maximum absolute atomic E-state index is 12.5. The lowest BCUT2D eigenvalue weighted by atomic mass is 10.3. The lowest BCUT2D eigenvalue weighted by Crippen LogP contribution is -2.22. The molecule has 0 saturated carbocycles. The minimum Gasteiger partial charge on any atom is -0.492 e. The molecule has 3 rings (SSSR count). The first-order valence-corrected chi connectivity index (χ1v) is 9.59. The molecule has 0 radical (unpaired) electrons. The Morgan fingerprint density at radius 1 is 1.36 bits per heavy atom. The molecule has 0 aliphatic heterocycles. The van der Waals surface area contributed by atoms with Crippen molar-refractivity contribution >= 4 is 34.7 Å². The molecular weight excluding hydrogens is 356 g/mol. The third kappa shape index (κ3) is 4.40. The van der Waals surface area contributed by atoms with Crippen LogP contribution in [0, 0.1) is 0 Å². The van der Waals surface area contributed by atoms with Gasteiger partial charge in [0.2, 0.25) is 11.1 Å². The first kappa shape index (κ1) is 17.5. The molecule has 0 saturated heterocycles. The number of hydrogen-bond donors (Lipinski definition) is 2. The topological polar surface area (TPSA) is 79.9 Å². The molecule has 130 valence electrons. The number of aromatic amines is 1. The van der Waals surface area contributed by atoms with Gasteiger partial charge in [0.05, 0.1) is 22.4 Å². The van der Waals surface area contributed by atoms with Crippen LogP contribution in [0.15, 0.2) is 46.9 Å². The number of aromatic nitrogens is 3. The number of para-hydroxylation sites is 2. The number of carbonyl (C=O) groups excluding carboxylic acids is 1. The fraction of sp³-hybridized carbons (Fsp3) is 0.235. The Hall–Kier alpha value is -2.32. The number of H-pyrrole nitrogens is 1. The van der Waals surface area contributed by atoms with Crippen molar-refractivity contribution in [2.45, 2.75) is 24.3 Å². The van der Waals surface area contributed by atoms with Crippen molar-refractivity contribution in [3.63, 3.8) is 0 Å². The standard InChI is InChI=1S/C17H18N4O2S2/c1-3-23-13-8-5-4-7-12(13)18-16(22)11(2)25-17-19-15(20-21-17)14-9-6-10-24-14/h4-11H,3H2,1-2H3,(H,18,22)(H,19,20,21)/t11-/m0/s1. The van der Waals surface area contributed by atoms with Crippen molar-refractivity contribution < 1.29 is 9.53 Å². The maximum atomic E-state index is 12.5. The van der Waals surface area contributed by atoms with E-state index in [-0.39, 0.29) is 11.2 Å². The first-order chi connectivity index (χ1) is 12.2. The summed E-state index contributed by atoms with van der Waals surface area (Å²) in [7, 11) is 0. The first-order valence-electron chi connectivity index (χ1n) is 7.83. The Kier molecular flexibility index (Phi) is 5.72. The second kappa shape index (κ2) is 8.17. The second-order valence-corrected chi connectivity index (χ2v) is 7.38. The molecule has 8 heteroatoms. The van der Waals surface area contributed by atoms with E-state index in [1.54, 1.807) is 11.3 Å². The summed E-state index contributed by atoms with van der Waals surface area (Å²) in [6.07, 6.45) is 0. The zero-order valence-corrected chi connectivity index (χ0v) is 15.5. The Morgan fingerprint density at radius 3 is 2.96 bits per heavy atom. The summed E-state index contributed by atoms with van der Waals surface area (Å²) in [4.78, 5) is 17.9. The molecular formula is C17H18N4O2S2. The van der Waals surface area contributed by atoms with Crippen LogP contribution in [0.4, 0.5) is 5.69 Å². The van der Waals surface area contributed by atoms with Crippen LogP contribution in [-0.4, -0.2) is 32.9 Å². The number of nitrogens with one attached hydrogen (secondary N) is 2. The molecule has 0 aliphatic carbocycles. The van der Waals surface area contributed by atoms with Crippen LogP contribution in [0.1, 0.15) is 13.8 Å². The number of thioether (sulfide) groups is 1. The highest BCUT2D eigenvalue weighted by molar-refractivity contribution is 8.00. The molecule has 2 heterocycles. The molecule has 1 aromatic carbocycles. The average molecular weight is 374 g/mol. The van der Waals surface area contributed by atoms with E-state index in [4.69, 9.17) is 4.74 Å². The molecule has 0 fully saturated rings. The van der Waals surface area contributed by atoms with E-state index in [0.717, 1.165) is 4.88 Å². The summed E-state index contributed by atoms with van der Waals surface area (Å²) in [5.74, 6) is 1.25. The average Bonchev–Trinajstić information content (AvgIpc) is 3.28. The predicted molar refractivity (Wildman–Crippen MR) is 101 cm³/mol. The normalized spacial score (nSPS) is 11.9. The van der Waals surface area contributed by atoms with E-state index >= 15 is 0 Å². The fourth-order valence-corrected chi connectivity index (χ4v) is 3.51. The maximum Gasteiger partial charge on any atom is 0.237 e. The van der Waals surface area contributed by atoms with E-state index < -0.39 is 0 Å². The van der Waals surface area contributed by atoms with E-state index in [1.807, 2.05) is 55.6 Å². The molecule has 1 amide bonds. The zero-order chi connectivity index (χ0) is 17.6. The Labute approximate surface area is 154 Å². The van der Waals surface area contributed by atoms with E-state index in [2.05, 4.69) is 20.5 Å². The third-order valence-electron chi connectivity index (χ3n) is 3.32. The minimum atomic E-state index is -0.346. The number of amides is 1. The van der Waals surface area contributed by atoms with Crippen LogP contribution in [0.25, 0.3) is 10.7 Å². The van der Waals surface area contributed by atoms with Gasteiger partial charge in [-0.3, -0.25) is 9.89 Å². The fourth-order valence-electron chi connectivity index (χ4n) is 2.12. The van der Waals surface area contributed by atoms with Crippen LogP contribution in [0.3, 0.4) is 0 Å². The van der Waals surface area contributed by atoms with Crippen molar-refractivity contribution in [1.82, 2.24) is 15.2 Å². The van der Waals surface area contributed by atoms with Gasteiger partial charge in [-0.15, -0.1) is 16.4 Å². The molecule has 25 heavy (non-hydrogen) atoms. The van der Waals surface area contributed by atoms with E-state index in [1.165, 1.54) is 11.8 Å². The molecule has 0 bridgehead atoms. The van der Waals surface area contributed by atoms with Gasteiger partial charge in [-0.05, 0) is 37.4 Å². The number of carbonyl (C=O) groups is 1. The van der Waals surface area contributed by atoms with Gasteiger partial charge in [0.15, 0.2) is 5.82 Å². The van der Waals surface area contributed by atoms with Crippen molar-refractivity contribution in [2.24, 2.45) is 0 Å². The Balaban J connectivity index is 1.63. The highest BCUT2D eigenvalue weighted by Crippen LogP contribution is 2.28. The number of anilines is 1. The summed E-state index contributed by atoms with van der Waals surface area (Å²) in [6.45, 7) is 4.27. The molecule has 1 atom stereocenters. The van der Waals surface area contributed by atoms with Crippen molar-refractivity contribution in [3.05, 3.63) is 41.8 Å². The largest absolute Gasteiger partial charge is 0.492 e. The lowest BCUT2D eigenvalue weighted by Gasteiger charge is -2.13. The summed E-state index contributed by atoms with van der Waals surface area (Å²) in [5.41, 5.74) is 0.663. The minimum absolute atomic E-state index is 0.125. The molecule has 6 nitrogen and oxygen atoms in total. The second-order valence-electron chi connectivity index (χ2n) is 5.12. The smallest absolute Gasteiger partial charge is 0.237 e. The van der Waals surface area contributed by atoms with Gasteiger partial charge in [0.1, 0.15) is 5.75 Å². The number of benzene rings is 1. The molecule has 0 aliphatic rings. The highest BCUT2D eigenvalue weighted by atomic mass is 32.2. The number of rotatable bonds is 7. The van der Waals surface area contributed by atoms with Crippen LogP contribution >= 0.6 is 23.1 Å². The third-order valence-corrected chi connectivity index (χ3v) is 5.15. The lowest BCUT2D eigenvalue weighted by molar-refractivity contribution is -0.115. The van der Waals surface area contributed by atoms with Gasteiger partial charge in [0.25, 0.3) is 0 Å². The Bertz CT molecular complexity index is 833. The number of hydrogen-bond acceptors (Lipinski definition) is 6.